The van der Waals surface area contributed by atoms with Gasteiger partial charge in [0.2, 0.25) is 17.7 Å². The third-order valence-corrected chi connectivity index (χ3v) is 16.3. The van der Waals surface area contributed by atoms with Gasteiger partial charge in [0, 0.05) is 43.3 Å². The molecule has 3 unspecified atom stereocenters. The van der Waals surface area contributed by atoms with Crippen LogP contribution in [0.5, 0.6) is 0 Å². The number of carbonyl (C=O) groups is 5. The van der Waals surface area contributed by atoms with Gasteiger partial charge in [-0.1, -0.05) is 20.8 Å². The maximum Gasteiger partial charge on any atom is 0.334 e. The molecule has 0 aromatic carbocycles. The maximum atomic E-state index is 13.9. The van der Waals surface area contributed by atoms with Gasteiger partial charge >= 0.3 is 11.9 Å². The van der Waals surface area contributed by atoms with Crippen LogP contribution in [0.25, 0.3) is 0 Å². The molecule has 6 saturated carbocycles. The molecule has 12 aliphatic rings. The number of ether oxygens (including phenoxy) is 5. The number of carbonyl (C=O) groups excluding carboxylic acids is 5. The number of hydrogen-bond donors (Lipinski definition) is 3. The normalized spacial score (nSPS) is 46.6. The highest BCUT2D eigenvalue weighted by Gasteiger charge is 2.99. The largest absolute Gasteiger partial charge is 0.458 e. The fourth-order valence-corrected chi connectivity index (χ4v) is 14.1. The molecule has 3 N–H and O–H groups in total. The van der Waals surface area contributed by atoms with E-state index in [1.807, 2.05) is 0 Å². The fourth-order valence-electron chi connectivity index (χ4n) is 14.1. The zero-order valence-electron chi connectivity index (χ0n) is 32.0. The Balaban J connectivity index is 0.818. The van der Waals surface area contributed by atoms with Gasteiger partial charge in [-0.25, -0.2) is 4.79 Å². The van der Waals surface area contributed by atoms with E-state index < -0.39 is 34.9 Å². The van der Waals surface area contributed by atoms with Crippen LogP contribution in [0.2, 0.25) is 0 Å². The lowest BCUT2D eigenvalue weighted by molar-refractivity contribution is -0.367. The molecule has 0 aromatic rings. The summed E-state index contributed by atoms with van der Waals surface area (Å²) in [6, 6.07) is -0.729. The fraction of sp³-hybridized carbons (Fsp3) is 0.829. The Morgan fingerprint density at radius 1 is 0.944 bits per heavy atom. The van der Waals surface area contributed by atoms with E-state index in [1.165, 1.54) is 13.3 Å². The predicted octanol–water partition coefficient (Wildman–Crippen LogP) is 2.78. The molecular formula is C41H55N3O10. The van der Waals surface area contributed by atoms with Crippen LogP contribution in [0.4, 0.5) is 0 Å². The summed E-state index contributed by atoms with van der Waals surface area (Å²) in [5.74, 6) is 0.580. The molecule has 12 rings (SSSR count). The van der Waals surface area contributed by atoms with Crippen molar-refractivity contribution in [1.29, 1.82) is 0 Å². The molecule has 10 fully saturated rings. The van der Waals surface area contributed by atoms with Gasteiger partial charge in [-0.2, -0.15) is 0 Å². The van der Waals surface area contributed by atoms with Gasteiger partial charge < -0.3 is 39.6 Å². The second-order valence-corrected chi connectivity index (χ2v) is 19.2. The molecule has 294 valence electrons. The molecule has 13 heteroatoms. The van der Waals surface area contributed by atoms with Crippen LogP contribution in [-0.2, 0) is 47.7 Å². The molecule has 54 heavy (non-hydrogen) atoms. The van der Waals surface area contributed by atoms with Crippen LogP contribution < -0.4 is 16.0 Å². The Morgan fingerprint density at radius 3 is 2.43 bits per heavy atom. The molecule has 3 amide bonds. The highest BCUT2D eigenvalue weighted by atomic mass is 16.7. The lowest BCUT2D eigenvalue weighted by atomic mass is 9.42. The van der Waals surface area contributed by atoms with Crippen molar-refractivity contribution in [3.63, 3.8) is 0 Å². The summed E-state index contributed by atoms with van der Waals surface area (Å²) in [6.45, 7) is 8.77. The molecule has 0 radical (unpaired) electrons. The third-order valence-electron chi connectivity index (χ3n) is 16.3. The van der Waals surface area contributed by atoms with Crippen molar-refractivity contribution < 1.29 is 47.7 Å². The number of nitrogens with one attached hydrogen (secondary N) is 3. The molecule has 12 atom stereocenters. The van der Waals surface area contributed by atoms with E-state index in [2.05, 4.69) is 36.7 Å². The topological polar surface area (TPSA) is 174 Å². The number of esters is 2. The lowest BCUT2D eigenvalue weighted by Gasteiger charge is -2.70. The van der Waals surface area contributed by atoms with Crippen LogP contribution >= 0.6 is 0 Å². The minimum absolute atomic E-state index is 0.00225. The van der Waals surface area contributed by atoms with Crippen molar-refractivity contribution in [1.82, 2.24) is 16.0 Å². The smallest absolute Gasteiger partial charge is 0.334 e. The summed E-state index contributed by atoms with van der Waals surface area (Å²) in [6.07, 6.45) is 7.80. The van der Waals surface area contributed by atoms with Crippen molar-refractivity contribution in [3.8, 4) is 0 Å². The first kappa shape index (κ1) is 35.4. The molecular weight excluding hydrogens is 694 g/mol. The zero-order valence-corrected chi connectivity index (χ0v) is 32.0. The van der Waals surface area contributed by atoms with E-state index in [0.29, 0.717) is 63.0 Å². The zero-order chi connectivity index (χ0) is 37.6. The molecule has 7 aliphatic carbocycles. The Morgan fingerprint density at radius 2 is 1.70 bits per heavy atom. The molecule has 2 spiro atoms. The van der Waals surface area contributed by atoms with E-state index in [4.69, 9.17) is 23.7 Å². The summed E-state index contributed by atoms with van der Waals surface area (Å²) in [5, 5.41) is 8.89. The number of rotatable bonds is 13. The van der Waals surface area contributed by atoms with Gasteiger partial charge in [0.05, 0.1) is 17.9 Å². The Bertz CT molecular complexity index is 1720. The van der Waals surface area contributed by atoms with Crippen molar-refractivity contribution >= 4 is 29.7 Å². The maximum absolute atomic E-state index is 13.9. The van der Waals surface area contributed by atoms with Gasteiger partial charge in [0.1, 0.15) is 41.7 Å². The highest BCUT2D eigenvalue weighted by Crippen LogP contribution is 2.82. The van der Waals surface area contributed by atoms with E-state index in [9.17, 15) is 24.0 Å². The standard InChI is InChI=1S/C41H55N3O10/c1-20(2)40-31(53-40)32-41(54-32)37(4)10-8-25-26(19-50-34(25)48)30(37)28-18-39(41,52-28)35(40)51-29(46)9-12-43-33(47)27(7-5-6-11-42-21(3)45)44-36(49)38-16-22-13-23(17-38)15-24(38)14-22/h20,22-24,27-28,30-32,35H,5-19H2,1-4H3,(H,42,45)(H,43,47)(H,44,49)/t22?,23?,24?,27-,28?,30+,31-,32-,35-,37-,38?,39+,40-,41+/m0/s1. The number of hydrogen-bond acceptors (Lipinski definition) is 10. The monoisotopic (exact) mass is 749 g/mol. The molecule has 13 nitrogen and oxygen atoms in total. The molecule has 0 aromatic heterocycles. The summed E-state index contributed by atoms with van der Waals surface area (Å²) in [4.78, 5) is 65.4. The van der Waals surface area contributed by atoms with Crippen molar-refractivity contribution in [2.24, 2.45) is 40.4 Å². The number of fused-ring (bicyclic) bond motifs is 2. The van der Waals surface area contributed by atoms with Crippen LogP contribution in [0.1, 0.15) is 105 Å². The quantitative estimate of drug-likeness (QED) is 0.144. The summed E-state index contributed by atoms with van der Waals surface area (Å²) >= 11 is 0. The SMILES string of the molecule is CC(=O)NCCCC[C@H](NC(=O)C12CC3CC(CC1C3)C2)C(=O)NCCC(=O)O[C@@H]1[C@@]2(C(C)C)O[C@H]2[C@@H]2O[C@@]23[C@@]2(C)CCC4=C(COC4=O)[C@@H]2C2C[C@@]13O2. The van der Waals surface area contributed by atoms with Crippen LogP contribution in [0.15, 0.2) is 11.1 Å². The van der Waals surface area contributed by atoms with E-state index in [1.54, 1.807) is 0 Å². The van der Waals surface area contributed by atoms with Gasteiger partial charge in [0.15, 0.2) is 6.10 Å². The van der Waals surface area contributed by atoms with Gasteiger partial charge in [-0.3, -0.25) is 19.2 Å². The number of epoxide rings is 2. The minimum atomic E-state index is -0.865. The summed E-state index contributed by atoms with van der Waals surface area (Å²) in [7, 11) is 0. The van der Waals surface area contributed by atoms with Gasteiger partial charge in [-0.05, 0) is 93.5 Å². The van der Waals surface area contributed by atoms with E-state index in [0.717, 1.165) is 43.3 Å². The van der Waals surface area contributed by atoms with Crippen molar-refractivity contribution in [3.05, 3.63) is 11.1 Å². The number of unbranched alkanes of at least 4 members (excludes halogenated alkanes) is 1. The highest BCUT2D eigenvalue weighted by molar-refractivity contribution is 5.92. The average molecular weight is 750 g/mol. The van der Waals surface area contributed by atoms with Crippen LogP contribution in [-0.4, -0.2) is 96.6 Å². The second kappa shape index (κ2) is 11.8. The predicted molar refractivity (Wildman–Crippen MR) is 189 cm³/mol. The van der Waals surface area contributed by atoms with E-state index >= 15 is 0 Å². The Hall–Kier alpha value is -3.03. The average Bonchev–Trinajstić information content (AvgIpc) is 3.96. The molecule has 4 saturated heterocycles. The lowest BCUT2D eigenvalue weighted by Crippen LogP contribution is -2.84. The first-order chi connectivity index (χ1) is 25.8. The second-order valence-electron chi connectivity index (χ2n) is 19.2. The van der Waals surface area contributed by atoms with E-state index in [-0.39, 0.29) is 77.6 Å². The number of amides is 3. The Labute approximate surface area is 316 Å². The first-order valence-corrected chi connectivity index (χ1v) is 20.7. The van der Waals surface area contributed by atoms with Crippen molar-refractivity contribution in [2.75, 3.05) is 19.7 Å². The van der Waals surface area contributed by atoms with Gasteiger partial charge in [0.25, 0.3) is 0 Å². The summed E-state index contributed by atoms with van der Waals surface area (Å²) in [5.41, 5.74) is -1.16. The summed E-state index contributed by atoms with van der Waals surface area (Å²) < 4.78 is 32.2. The first-order valence-electron chi connectivity index (χ1n) is 20.7. The van der Waals surface area contributed by atoms with Crippen LogP contribution in [0.3, 0.4) is 0 Å². The van der Waals surface area contributed by atoms with Crippen LogP contribution in [0, 0.1) is 40.4 Å². The molecule has 6 bridgehead atoms. The molecule has 5 aliphatic heterocycles. The Kier molecular flexibility index (Phi) is 7.70. The number of cyclic esters (lactones) is 1. The molecule has 5 heterocycles. The minimum Gasteiger partial charge on any atom is -0.458 e. The third kappa shape index (κ3) is 4.52. The van der Waals surface area contributed by atoms with Gasteiger partial charge in [-0.15, -0.1) is 0 Å². The van der Waals surface area contributed by atoms with Crippen molar-refractivity contribution in [2.45, 2.75) is 152 Å².